The number of aromatic nitrogens is 3. The first-order valence-electron chi connectivity index (χ1n) is 10.2. The van der Waals surface area contributed by atoms with E-state index in [4.69, 9.17) is 19.4 Å². The number of fused-ring (bicyclic) bond motifs is 4. The van der Waals surface area contributed by atoms with Gasteiger partial charge in [0.05, 0.1) is 0 Å². The Bertz CT molecular complexity index is 1050. The van der Waals surface area contributed by atoms with E-state index in [1.165, 1.54) is 31.2 Å². The maximum Gasteiger partial charge on any atom is 0.236 e. The first kappa shape index (κ1) is 17.2. The molecule has 3 aromatic rings. The molecule has 7 heteroatoms. The SMILES string of the molecule is c1ccn(-c2nc(NCc3ccc4c(c3)OCO4)c3c(n2)SC2CCCCC32)c1. The van der Waals surface area contributed by atoms with Gasteiger partial charge in [-0.2, -0.15) is 4.98 Å². The van der Waals surface area contributed by atoms with E-state index in [0.717, 1.165) is 33.9 Å². The number of hydrogen-bond donors (Lipinski definition) is 1. The van der Waals surface area contributed by atoms with Gasteiger partial charge in [-0.25, -0.2) is 4.98 Å². The molecule has 2 atom stereocenters. The highest BCUT2D eigenvalue weighted by atomic mass is 32.2. The maximum atomic E-state index is 5.52. The lowest BCUT2D eigenvalue weighted by Crippen LogP contribution is -2.17. The molecule has 1 saturated carbocycles. The second kappa shape index (κ2) is 6.99. The molecule has 2 aromatic heterocycles. The van der Waals surface area contributed by atoms with Gasteiger partial charge in [0.15, 0.2) is 11.5 Å². The molecule has 0 radical (unpaired) electrons. The molecule has 2 unspecified atom stereocenters. The van der Waals surface area contributed by atoms with Crippen LogP contribution in [0.25, 0.3) is 5.95 Å². The van der Waals surface area contributed by atoms with E-state index in [0.29, 0.717) is 24.5 Å². The summed E-state index contributed by atoms with van der Waals surface area (Å²) in [7, 11) is 0. The van der Waals surface area contributed by atoms with Crippen LogP contribution in [0.1, 0.15) is 42.7 Å². The van der Waals surface area contributed by atoms with Crippen molar-refractivity contribution in [1.82, 2.24) is 14.5 Å². The fourth-order valence-corrected chi connectivity index (χ4v) is 6.04. The Kier molecular flexibility index (Phi) is 4.15. The summed E-state index contributed by atoms with van der Waals surface area (Å²) < 4.78 is 12.9. The van der Waals surface area contributed by atoms with Crippen LogP contribution < -0.4 is 14.8 Å². The van der Waals surface area contributed by atoms with Crippen LogP contribution in [0.3, 0.4) is 0 Å². The fourth-order valence-electron chi connectivity index (χ4n) is 4.53. The summed E-state index contributed by atoms with van der Waals surface area (Å²) in [6.07, 6.45) is 9.11. The number of rotatable bonds is 4. The van der Waals surface area contributed by atoms with Gasteiger partial charge >= 0.3 is 0 Å². The second-order valence-corrected chi connectivity index (χ2v) is 9.00. The predicted molar refractivity (Wildman–Crippen MR) is 112 cm³/mol. The third-order valence-electron chi connectivity index (χ3n) is 5.97. The molecule has 1 aliphatic carbocycles. The van der Waals surface area contributed by atoms with Gasteiger partial charge < -0.3 is 14.8 Å². The average molecular weight is 407 g/mol. The van der Waals surface area contributed by atoms with Crippen LogP contribution in [0.5, 0.6) is 11.5 Å². The highest BCUT2D eigenvalue weighted by molar-refractivity contribution is 8.00. The molecule has 0 amide bonds. The maximum absolute atomic E-state index is 5.52. The van der Waals surface area contributed by atoms with Crippen LogP contribution in [-0.2, 0) is 6.54 Å². The summed E-state index contributed by atoms with van der Waals surface area (Å²) in [5.74, 6) is 3.88. The Hall–Kier alpha value is -2.67. The van der Waals surface area contributed by atoms with Gasteiger partial charge in [0.25, 0.3) is 0 Å². The van der Waals surface area contributed by atoms with Crippen molar-refractivity contribution in [2.45, 2.75) is 48.4 Å². The average Bonchev–Trinajstić information content (AvgIpc) is 3.50. The van der Waals surface area contributed by atoms with E-state index in [9.17, 15) is 0 Å². The zero-order valence-electron chi connectivity index (χ0n) is 16.0. The van der Waals surface area contributed by atoms with Crippen LogP contribution >= 0.6 is 11.8 Å². The van der Waals surface area contributed by atoms with Crippen molar-refractivity contribution in [2.75, 3.05) is 12.1 Å². The number of hydrogen-bond acceptors (Lipinski definition) is 6. The third kappa shape index (κ3) is 3.04. The van der Waals surface area contributed by atoms with Gasteiger partial charge in [-0.05, 0) is 42.7 Å². The van der Waals surface area contributed by atoms with E-state index in [1.807, 2.05) is 53.0 Å². The molecule has 6 rings (SSSR count). The van der Waals surface area contributed by atoms with Crippen molar-refractivity contribution in [3.05, 3.63) is 53.9 Å². The smallest absolute Gasteiger partial charge is 0.236 e. The molecule has 3 aliphatic rings. The first-order valence-corrected chi connectivity index (χ1v) is 11.1. The summed E-state index contributed by atoms with van der Waals surface area (Å²) in [5.41, 5.74) is 2.46. The normalized spacial score (nSPS) is 21.7. The third-order valence-corrected chi connectivity index (χ3v) is 7.37. The minimum Gasteiger partial charge on any atom is -0.454 e. The summed E-state index contributed by atoms with van der Waals surface area (Å²) in [5, 5.41) is 5.40. The highest BCUT2D eigenvalue weighted by Gasteiger charge is 2.39. The van der Waals surface area contributed by atoms with E-state index >= 15 is 0 Å². The standard InChI is InChI=1S/C22H22N4O2S/c1-2-6-18-15(5-1)19-20(23-12-14-7-8-16-17(11-14)28-13-27-16)24-22(25-21(19)29-18)26-9-3-4-10-26/h3-4,7-11,15,18H,1-2,5-6,12-13H2,(H,23,24,25). The quantitative estimate of drug-likeness (QED) is 0.632. The second-order valence-electron chi connectivity index (χ2n) is 7.77. The lowest BCUT2D eigenvalue weighted by atomic mass is 9.84. The topological polar surface area (TPSA) is 61.2 Å². The summed E-state index contributed by atoms with van der Waals surface area (Å²) in [6.45, 7) is 0.986. The Labute approximate surface area is 173 Å². The predicted octanol–water partition coefficient (Wildman–Crippen LogP) is 4.74. The molecule has 0 bridgehead atoms. The van der Waals surface area contributed by atoms with Crippen molar-refractivity contribution in [3.63, 3.8) is 0 Å². The largest absolute Gasteiger partial charge is 0.454 e. The van der Waals surface area contributed by atoms with E-state index in [2.05, 4.69) is 11.4 Å². The van der Waals surface area contributed by atoms with Crippen molar-refractivity contribution < 1.29 is 9.47 Å². The summed E-state index contributed by atoms with van der Waals surface area (Å²) in [6, 6.07) is 10.1. The number of anilines is 1. The van der Waals surface area contributed by atoms with Gasteiger partial charge in [-0.1, -0.05) is 18.9 Å². The Morgan fingerprint density at radius 1 is 1.07 bits per heavy atom. The summed E-state index contributed by atoms with van der Waals surface area (Å²) in [4.78, 5) is 9.86. The minimum absolute atomic E-state index is 0.298. The lowest BCUT2D eigenvalue weighted by molar-refractivity contribution is 0.174. The van der Waals surface area contributed by atoms with Gasteiger partial charge in [0.1, 0.15) is 10.8 Å². The molecule has 1 N–H and O–H groups in total. The monoisotopic (exact) mass is 406 g/mol. The Balaban J connectivity index is 1.35. The number of nitrogens with one attached hydrogen (secondary N) is 1. The van der Waals surface area contributed by atoms with Crippen molar-refractivity contribution in [1.29, 1.82) is 0 Å². The number of benzene rings is 1. The Morgan fingerprint density at radius 2 is 1.93 bits per heavy atom. The molecule has 0 saturated heterocycles. The molecule has 1 fully saturated rings. The minimum atomic E-state index is 0.298. The number of thioether (sulfide) groups is 1. The van der Waals surface area contributed by atoms with Crippen LogP contribution in [0.2, 0.25) is 0 Å². The van der Waals surface area contributed by atoms with Gasteiger partial charge in [0.2, 0.25) is 12.7 Å². The zero-order valence-corrected chi connectivity index (χ0v) is 16.8. The number of ether oxygens (including phenoxy) is 2. The van der Waals surface area contributed by atoms with Crippen LogP contribution in [-0.4, -0.2) is 26.6 Å². The van der Waals surface area contributed by atoms with E-state index < -0.39 is 0 Å². The molecule has 148 valence electrons. The summed E-state index contributed by atoms with van der Waals surface area (Å²) >= 11 is 1.94. The van der Waals surface area contributed by atoms with Crippen molar-refractivity contribution in [2.24, 2.45) is 0 Å². The zero-order chi connectivity index (χ0) is 19.2. The van der Waals surface area contributed by atoms with Gasteiger partial charge in [0, 0.05) is 35.7 Å². The van der Waals surface area contributed by atoms with Crippen molar-refractivity contribution >= 4 is 17.6 Å². The molecule has 29 heavy (non-hydrogen) atoms. The van der Waals surface area contributed by atoms with E-state index in [-0.39, 0.29) is 0 Å². The highest BCUT2D eigenvalue weighted by Crippen LogP contribution is 2.53. The van der Waals surface area contributed by atoms with Crippen LogP contribution in [0.15, 0.2) is 47.8 Å². The van der Waals surface area contributed by atoms with Gasteiger partial charge in [-0.15, -0.1) is 11.8 Å². The molecule has 0 spiro atoms. The number of nitrogens with zero attached hydrogens (tertiary/aromatic N) is 3. The van der Waals surface area contributed by atoms with Gasteiger partial charge in [-0.3, -0.25) is 4.57 Å². The molecule has 1 aromatic carbocycles. The molecule has 4 heterocycles. The van der Waals surface area contributed by atoms with Crippen LogP contribution in [0, 0.1) is 0 Å². The molecular weight excluding hydrogens is 384 g/mol. The van der Waals surface area contributed by atoms with E-state index in [1.54, 1.807) is 0 Å². The Morgan fingerprint density at radius 3 is 2.86 bits per heavy atom. The lowest BCUT2D eigenvalue weighted by Gasteiger charge is -2.25. The molecular formula is C22H22N4O2S. The first-order chi connectivity index (χ1) is 14.3. The van der Waals surface area contributed by atoms with Crippen molar-refractivity contribution in [3.8, 4) is 17.4 Å². The van der Waals surface area contributed by atoms with Crippen LogP contribution in [0.4, 0.5) is 5.82 Å². The molecule has 6 nitrogen and oxygen atoms in total. The molecule has 2 aliphatic heterocycles. The fraction of sp³-hybridized carbons (Fsp3) is 0.364.